The molecule has 0 radical (unpaired) electrons. The molecule has 0 aromatic heterocycles. The lowest BCUT2D eigenvalue weighted by atomic mass is 9.88. The number of fused-ring (bicyclic) bond motifs is 7. The number of Topliss-reactive ketones (excluding diaryl/α,β-unsaturated/α-hetero) is 1. The number of nitrogens with one attached hydrogen (secondary N) is 3. The Morgan fingerprint density at radius 2 is 1.72 bits per heavy atom. The van der Waals surface area contributed by atoms with Crippen LogP contribution in [-0.2, 0) is 35.1 Å². The van der Waals surface area contributed by atoms with Crippen molar-refractivity contribution in [1.29, 1.82) is 0 Å². The highest BCUT2D eigenvalue weighted by atomic mass is 33.1. The van der Waals surface area contributed by atoms with Crippen LogP contribution in [0, 0.1) is 17.7 Å². The second-order valence-electron chi connectivity index (χ2n) is 9.82. The van der Waals surface area contributed by atoms with Gasteiger partial charge >= 0.3 is 5.97 Å². The summed E-state index contributed by atoms with van der Waals surface area (Å²) >= 11 is 0. The zero-order chi connectivity index (χ0) is 28.4. The molecule has 0 spiro atoms. The fourth-order valence-corrected chi connectivity index (χ4v) is 6.32. The minimum Gasteiger partial charge on any atom is -0.456 e. The molecule has 1 unspecified atom stereocenters. The van der Waals surface area contributed by atoms with Crippen molar-refractivity contribution in [2.24, 2.45) is 11.8 Å². The van der Waals surface area contributed by atoms with E-state index in [4.69, 9.17) is 4.74 Å². The monoisotopic (exact) mass is 579 g/mol. The molecular formula is C27H34FN3O6S2. The zero-order valence-corrected chi connectivity index (χ0v) is 23.6. The van der Waals surface area contributed by atoms with E-state index in [1.165, 1.54) is 45.9 Å². The van der Waals surface area contributed by atoms with Gasteiger partial charge in [-0.3, -0.25) is 24.0 Å². The van der Waals surface area contributed by atoms with Crippen LogP contribution in [0.4, 0.5) is 4.39 Å². The molecule has 1 fully saturated rings. The molecule has 12 heteroatoms. The number of esters is 1. The van der Waals surface area contributed by atoms with Gasteiger partial charge in [-0.25, -0.2) is 4.39 Å². The van der Waals surface area contributed by atoms with Crippen molar-refractivity contribution in [1.82, 2.24) is 16.0 Å². The van der Waals surface area contributed by atoms with E-state index in [1.54, 1.807) is 6.08 Å². The van der Waals surface area contributed by atoms with Gasteiger partial charge in [0.25, 0.3) is 0 Å². The SMILES string of the molecule is CC(C)[C@H]1CC(=O)CC2/C=C/CCSSC[C@@H](NC1=O)C(=O)N[C@H](Cc1ccc(F)cc1)C(=O)NCC(=O)O2. The Kier molecular flexibility index (Phi) is 11.9. The second kappa shape index (κ2) is 15.1. The average Bonchev–Trinajstić information content (AvgIpc) is 2.88. The molecule has 3 amide bonds. The quantitative estimate of drug-likeness (QED) is 0.283. The number of ketones is 1. The molecule has 4 atom stereocenters. The Morgan fingerprint density at radius 1 is 0.974 bits per heavy atom. The predicted molar refractivity (Wildman–Crippen MR) is 148 cm³/mol. The number of halogens is 1. The Morgan fingerprint density at radius 3 is 2.44 bits per heavy atom. The van der Waals surface area contributed by atoms with Gasteiger partial charge in [0.05, 0.1) is 0 Å². The van der Waals surface area contributed by atoms with E-state index < -0.39 is 60.2 Å². The summed E-state index contributed by atoms with van der Waals surface area (Å²) in [5.74, 6) is -3.04. The lowest BCUT2D eigenvalue weighted by molar-refractivity contribution is -0.148. The fraction of sp³-hybridized carbons (Fsp3) is 0.519. The number of allylic oxidation sites excluding steroid dienone is 1. The number of hydrogen-bond donors (Lipinski definition) is 3. The molecule has 1 aromatic carbocycles. The average molecular weight is 580 g/mol. The normalized spacial score (nSPS) is 27.1. The molecule has 9 nitrogen and oxygen atoms in total. The fourth-order valence-electron chi connectivity index (χ4n) is 4.16. The van der Waals surface area contributed by atoms with Crippen molar-refractivity contribution >= 4 is 51.1 Å². The van der Waals surface area contributed by atoms with E-state index in [0.29, 0.717) is 17.7 Å². The summed E-state index contributed by atoms with van der Waals surface area (Å²) in [4.78, 5) is 65.3. The van der Waals surface area contributed by atoms with Crippen LogP contribution in [0.2, 0.25) is 0 Å². The third-order valence-corrected chi connectivity index (χ3v) is 8.81. The summed E-state index contributed by atoms with van der Waals surface area (Å²) in [6, 6.07) is 3.44. The van der Waals surface area contributed by atoms with Gasteiger partial charge in [0.15, 0.2) is 0 Å². The van der Waals surface area contributed by atoms with Crippen LogP contribution in [0.5, 0.6) is 0 Å². The van der Waals surface area contributed by atoms with Crippen molar-refractivity contribution in [3.05, 3.63) is 47.8 Å². The summed E-state index contributed by atoms with van der Waals surface area (Å²) in [5, 5.41) is 7.98. The van der Waals surface area contributed by atoms with E-state index in [9.17, 15) is 28.4 Å². The van der Waals surface area contributed by atoms with Crippen molar-refractivity contribution in [3.8, 4) is 0 Å². The van der Waals surface area contributed by atoms with Crippen LogP contribution >= 0.6 is 21.6 Å². The number of carbonyl (C=O) groups is 5. The summed E-state index contributed by atoms with van der Waals surface area (Å²) in [5.41, 5.74) is 0.592. The lowest BCUT2D eigenvalue weighted by Crippen LogP contribution is -2.56. The Bertz CT molecular complexity index is 1080. The molecule has 212 valence electrons. The first-order valence-electron chi connectivity index (χ1n) is 12.9. The number of amides is 3. The van der Waals surface area contributed by atoms with Crippen LogP contribution < -0.4 is 16.0 Å². The van der Waals surface area contributed by atoms with Gasteiger partial charge in [0.2, 0.25) is 17.7 Å². The van der Waals surface area contributed by atoms with E-state index >= 15 is 0 Å². The van der Waals surface area contributed by atoms with Crippen LogP contribution in [0.1, 0.15) is 38.7 Å². The maximum atomic E-state index is 13.4. The van der Waals surface area contributed by atoms with Crippen LogP contribution in [0.3, 0.4) is 0 Å². The van der Waals surface area contributed by atoms with Gasteiger partial charge in [0.1, 0.15) is 36.3 Å². The molecule has 39 heavy (non-hydrogen) atoms. The van der Waals surface area contributed by atoms with Gasteiger partial charge in [0, 0.05) is 36.7 Å². The van der Waals surface area contributed by atoms with Gasteiger partial charge < -0.3 is 20.7 Å². The summed E-state index contributed by atoms with van der Waals surface area (Å²) < 4.78 is 18.9. The number of ether oxygens (including phenoxy) is 1. The highest BCUT2D eigenvalue weighted by Crippen LogP contribution is 2.25. The maximum absolute atomic E-state index is 13.4. The molecule has 3 rings (SSSR count). The third-order valence-electron chi connectivity index (χ3n) is 6.36. The maximum Gasteiger partial charge on any atom is 0.326 e. The largest absolute Gasteiger partial charge is 0.456 e. The smallest absolute Gasteiger partial charge is 0.326 e. The molecular weight excluding hydrogens is 545 g/mol. The first-order chi connectivity index (χ1) is 18.6. The van der Waals surface area contributed by atoms with E-state index in [1.807, 2.05) is 19.9 Å². The van der Waals surface area contributed by atoms with Crippen LogP contribution in [-0.4, -0.2) is 65.7 Å². The number of hydrogen-bond acceptors (Lipinski definition) is 8. The van der Waals surface area contributed by atoms with Crippen LogP contribution in [0.15, 0.2) is 36.4 Å². The number of carbonyl (C=O) groups excluding carboxylic acids is 5. The molecule has 0 aliphatic carbocycles. The Hall–Kier alpha value is -2.86. The molecule has 2 bridgehead atoms. The van der Waals surface area contributed by atoms with Crippen molar-refractivity contribution in [2.75, 3.05) is 18.1 Å². The van der Waals surface area contributed by atoms with E-state index in [-0.39, 0.29) is 36.7 Å². The number of benzene rings is 1. The predicted octanol–water partition coefficient (Wildman–Crippen LogP) is 2.34. The summed E-state index contributed by atoms with van der Waals surface area (Å²) in [6.07, 6.45) is 3.17. The first-order valence-corrected chi connectivity index (χ1v) is 15.4. The molecule has 2 heterocycles. The van der Waals surface area contributed by atoms with Gasteiger partial charge in [-0.2, -0.15) is 0 Å². The first kappa shape index (κ1) is 30.7. The van der Waals surface area contributed by atoms with E-state index in [0.717, 1.165) is 0 Å². The summed E-state index contributed by atoms with van der Waals surface area (Å²) in [7, 11) is 2.93. The minimum atomic E-state index is -1.10. The summed E-state index contributed by atoms with van der Waals surface area (Å²) in [6.45, 7) is 3.18. The minimum absolute atomic E-state index is 0.0317. The molecule has 3 N–H and O–H groups in total. The molecule has 0 saturated carbocycles. The van der Waals surface area contributed by atoms with E-state index in [2.05, 4.69) is 16.0 Å². The zero-order valence-electron chi connectivity index (χ0n) is 21.9. The molecule has 2 aliphatic rings. The topological polar surface area (TPSA) is 131 Å². The highest BCUT2D eigenvalue weighted by Gasteiger charge is 2.32. The second-order valence-corrected chi connectivity index (χ2v) is 12.4. The molecule has 1 aromatic rings. The third kappa shape index (κ3) is 9.99. The van der Waals surface area contributed by atoms with Crippen molar-refractivity contribution in [3.63, 3.8) is 0 Å². The molecule has 2 aliphatic heterocycles. The number of rotatable bonds is 3. The Labute approximate surface area is 235 Å². The van der Waals surface area contributed by atoms with Gasteiger partial charge in [-0.1, -0.05) is 53.6 Å². The van der Waals surface area contributed by atoms with Crippen molar-refractivity contribution < 1.29 is 33.1 Å². The standard InChI is InChI=1S/C27H34FN3O6S2/c1-16(2)21-13-19(32)12-20-5-3-4-10-38-39-15-23(31-25(21)34)27(36)30-22(26(35)29-14-24(33)37-20)11-17-6-8-18(28)9-7-17/h3,5-9,16,20-23H,4,10-15H2,1-2H3,(H,29,35)(H,30,36)(H,31,34)/b5-3+/t20?,21-,22-,23-/m1/s1. The van der Waals surface area contributed by atoms with Crippen molar-refractivity contribution in [2.45, 2.75) is 57.7 Å². The highest BCUT2D eigenvalue weighted by molar-refractivity contribution is 8.76. The molecule has 1 saturated heterocycles. The van der Waals surface area contributed by atoms with Gasteiger partial charge in [-0.05, 0) is 36.1 Å². The Balaban J connectivity index is 1.96. The lowest BCUT2D eigenvalue weighted by Gasteiger charge is -2.26. The van der Waals surface area contributed by atoms with Gasteiger partial charge in [-0.15, -0.1) is 0 Å². The van der Waals surface area contributed by atoms with Crippen LogP contribution in [0.25, 0.3) is 0 Å².